The minimum atomic E-state index is -1.24. The molecule has 2 heterocycles. The Hall–Kier alpha value is -2.11. The average Bonchev–Trinajstić information content (AvgIpc) is 2.41. The molecule has 0 radical (unpaired) electrons. The highest BCUT2D eigenvalue weighted by Gasteiger charge is 2.23. The maximum Gasteiger partial charge on any atom is 0.342 e. The van der Waals surface area contributed by atoms with E-state index < -0.39 is 11.5 Å². The summed E-state index contributed by atoms with van der Waals surface area (Å²) in [5.41, 5.74) is 0.0406. The SMILES string of the molecule is CCCCNC1=CCC(C)n2c1ncc(C(=O)O)c2=O. The Morgan fingerprint density at radius 2 is 2.35 bits per heavy atom. The van der Waals surface area contributed by atoms with Gasteiger partial charge in [-0.25, -0.2) is 9.78 Å². The van der Waals surface area contributed by atoms with E-state index in [9.17, 15) is 9.59 Å². The Balaban J connectivity index is 2.41. The van der Waals surface area contributed by atoms with Gasteiger partial charge < -0.3 is 10.4 Å². The number of unbranched alkanes of at least 4 members (excludes halogenated alkanes) is 1. The van der Waals surface area contributed by atoms with Crippen LogP contribution in [0.1, 0.15) is 55.3 Å². The van der Waals surface area contributed by atoms with Crippen molar-refractivity contribution in [3.63, 3.8) is 0 Å². The first kappa shape index (κ1) is 14.3. The first-order valence-corrected chi connectivity index (χ1v) is 6.85. The molecular formula is C14H19N3O3. The van der Waals surface area contributed by atoms with Crippen molar-refractivity contribution in [1.82, 2.24) is 14.9 Å². The van der Waals surface area contributed by atoms with Gasteiger partial charge in [-0.1, -0.05) is 19.4 Å². The molecule has 0 aromatic carbocycles. The lowest BCUT2D eigenvalue weighted by Gasteiger charge is -2.25. The Labute approximate surface area is 117 Å². The highest BCUT2D eigenvalue weighted by atomic mass is 16.4. The number of hydrogen-bond donors (Lipinski definition) is 2. The van der Waals surface area contributed by atoms with Crippen LogP contribution >= 0.6 is 0 Å². The first-order valence-electron chi connectivity index (χ1n) is 6.85. The van der Waals surface area contributed by atoms with Gasteiger partial charge in [0.15, 0.2) is 5.82 Å². The van der Waals surface area contributed by atoms with Gasteiger partial charge in [-0.05, 0) is 19.8 Å². The smallest absolute Gasteiger partial charge is 0.342 e. The number of carboxylic acids is 1. The topological polar surface area (TPSA) is 84.2 Å². The molecule has 1 aliphatic rings. The predicted octanol–water partition coefficient (Wildman–Crippen LogP) is 1.64. The van der Waals surface area contributed by atoms with E-state index in [0.717, 1.165) is 31.3 Å². The molecule has 1 aromatic rings. The number of carboxylic acid groups (broad SMARTS) is 1. The van der Waals surface area contributed by atoms with Crippen molar-refractivity contribution in [2.45, 2.75) is 39.2 Å². The van der Waals surface area contributed by atoms with Gasteiger partial charge in [0.25, 0.3) is 5.56 Å². The van der Waals surface area contributed by atoms with Gasteiger partial charge in [-0.3, -0.25) is 9.36 Å². The Bertz CT molecular complexity index is 604. The summed E-state index contributed by atoms with van der Waals surface area (Å²) in [6, 6.07) is -0.0824. The quantitative estimate of drug-likeness (QED) is 0.799. The van der Waals surface area contributed by atoms with Crippen molar-refractivity contribution in [2.75, 3.05) is 6.54 Å². The van der Waals surface area contributed by atoms with Gasteiger partial charge in [0.05, 0.1) is 5.70 Å². The molecule has 0 aliphatic carbocycles. The average molecular weight is 277 g/mol. The van der Waals surface area contributed by atoms with E-state index in [1.54, 1.807) is 0 Å². The highest BCUT2D eigenvalue weighted by molar-refractivity contribution is 5.86. The van der Waals surface area contributed by atoms with Crippen LogP contribution in [0.25, 0.3) is 5.70 Å². The van der Waals surface area contributed by atoms with Crippen LogP contribution in [-0.2, 0) is 0 Å². The van der Waals surface area contributed by atoms with E-state index in [0.29, 0.717) is 12.2 Å². The van der Waals surface area contributed by atoms with Gasteiger partial charge in [-0.15, -0.1) is 0 Å². The molecule has 2 N–H and O–H groups in total. The van der Waals surface area contributed by atoms with Crippen molar-refractivity contribution in [3.8, 4) is 0 Å². The largest absolute Gasteiger partial charge is 0.477 e. The fraction of sp³-hybridized carbons (Fsp3) is 0.500. The van der Waals surface area contributed by atoms with Gasteiger partial charge in [0.1, 0.15) is 5.56 Å². The number of carbonyl (C=O) groups is 1. The Morgan fingerprint density at radius 1 is 1.60 bits per heavy atom. The van der Waals surface area contributed by atoms with Crippen molar-refractivity contribution in [1.29, 1.82) is 0 Å². The van der Waals surface area contributed by atoms with Crippen LogP contribution < -0.4 is 10.9 Å². The molecule has 0 fully saturated rings. The molecule has 0 saturated carbocycles. The van der Waals surface area contributed by atoms with Gasteiger partial charge >= 0.3 is 5.97 Å². The maximum absolute atomic E-state index is 12.2. The molecule has 0 amide bonds. The lowest BCUT2D eigenvalue weighted by molar-refractivity contribution is 0.0693. The van der Waals surface area contributed by atoms with Gasteiger partial charge in [0, 0.05) is 18.8 Å². The third kappa shape index (κ3) is 2.59. The maximum atomic E-state index is 12.2. The summed E-state index contributed by atoms with van der Waals surface area (Å²) in [5.74, 6) is -0.713. The summed E-state index contributed by atoms with van der Waals surface area (Å²) in [4.78, 5) is 27.4. The first-order chi connectivity index (χ1) is 9.56. The minimum absolute atomic E-state index is 0.0824. The minimum Gasteiger partial charge on any atom is -0.477 e. The lowest BCUT2D eigenvalue weighted by atomic mass is 10.1. The van der Waals surface area contributed by atoms with Crippen molar-refractivity contribution < 1.29 is 9.90 Å². The van der Waals surface area contributed by atoms with Crippen LogP contribution in [0.4, 0.5) is 0 Å². The number of aromatic carboxylic acids is 1. The summed E-state index contributed by atoms with van der Waals surface area (Å²) in [5, 5.41) is 12.3. The predicted molar refractivity (Wildman–Crippen MR) is 75.7 cm³/mol. The standard InChI is InChI=1S/C14H19N3O3/c1-3-4-7-15-11-6-5-9(2)17-12(11)16-8-10(13(17)18)14(19)20/h6,8-9,15H,3-5,7H2,1-2H3,(H,19,20). The Kier molecular flexibility index (Phi) is 4.22. The third-order valence-corrected chi connectivity index (χ3v) is 3.41. The lowest BCUT2D eigenvalue weighted by Crippen LogP contribution is -2.35. The zero-order valence-electron chi connectivity index (χ0n) is 11.7. The van der Waals surface area contributed by atoms with Crippen LogP contribution in [0.5, 0.6) is 0 Å². The molecule has 6 nitrogen and oxygen atoms in total. The zero-order valence-corrected chi connectivity index (χ0v) is 11.7. The van der Waals surface area contributed by atoms with E-state index in [4.69, 9.17) is 5.11 Å². The second-order valence-electron chi connectivity index (χ2n) is 4.96. The summed E-state index contributed by atoms with van der Waals surface area (Å²) in [6.07, 6.45) is 5.96. The van der Waals surface area contributed by atoms with Crippen LogP contribution in [0.2, 0.25) is 0 Å². The third-order valence-electron chi connectivity index (χ3n) is 3.41. The number of nitrogens with one attached hydrogen (secondary N) is 1. The van der Waals surface area contributed by atoms with E-state index in [1.807, 2.05) is 13.0 Å². The van der Waals surface area contributed by atoms with Gasteiger partial charge in [-0.2, -0.15) is 0 Å². The van der Waals surface area contributed by atoms with Gasteiger partial charge in [0.2, 0.25) is 0 Å². The van der Waals surface area contributed by atoms with E-state index in [-0.39, 0.29) is 11.6 Å². The second kappa shape index (κ2) is 5.90. The molecule has 2 rings (SSSR count). The summed E-state index contributed by atoms with van der Waals surface area (Å²) in [7, 11) is 0. The normalized spacial score (nSPS) is 17.3. The monoisotopic (exact) mass is 277 g/mol. The van der Waals surface area contributed by atoms with E-state index >= 15 is 0 Å². The number of fused-ring (bicyclic) bond motifs is 1. The van der Waals surface area contributed by atoms with Crippen LogP contribution in [0.3, 0.4) is 0 Å². The molecule has 0 saturated heterocycles. The molecule has 1 aromatic heterocycles. The number of nitrogens with zero attached hydrogens (tertiary/aromatic N) is 2. The summed E-state index contributed by atoms with van der Waals surface area (Å²) < 4.78 is 1.47. The highest BCUT2D eigenvalue weighted by Crippen LogP contribution is 2.23. The number of rotatable bonds is 5. The second-order valence-corrected chi connectivity index (χ2v) is 4.96. The molecule has 1 atom stereocenters. The van der Waals surface area contributed by atoms with Crippen LogP contribution in [-0.4, -0.2) is 27.2 Å². The molecule has 20 heavy (non-hydrogen) atoms. The molecule has 6 heteroatoms. The molecule has 1 aliphatic heterocycles. The molecule has 108 valence electrons. The summed E-state index contributed by atoms with van der Waals surface area (Å²) in [6.45, 7) is 4.81. The van der Waals surface area contributed by atoms with Crippen LogP contribution in [0, 0.1) is 0 Å². The van der Waals surface area contributed by atoms with Crippen LogP contribution in [0.15, 0.2) is 17.1 Å². The van der Waals surface area contributed by atoms with Crippen molar-refractivity contribution in [2.24, 2.45) is 0 Å². The van der Waals surface area contributed by atoms with Crippen molar-refractivity contribution >= 4 is 11.7 Å². The Morgan fingerprint density at radius 3 is 3.00 bits per heavy atom. The number of allylic oxidation sites excluding steroid dienone is 1. The molecule has 0 spiro atoms. The number of aromatic nitrogens is 2. The van der Waals surface area contributed by atoms with Crippen molar-refractivity contribution in [3.05, 3.63) is 34.0 Å². The fourth-order valence-electron chi connectivity index (χ4n) is 2.26. The number of hydrogen-bond acceptors (Lipinski definition) is 4. The summed E-state index contributed by atoms with van der Waals surface area (Å²) >= 11 is 0. The molecule has 0 bridgehead atoms. The van der Waals surface area contributed by atoms with E-state index in [2.05, 4.69) is 17.2 Å². The fourth-order valence-corrected chi connectivity index (χ4v) is 2.26. The van der Waals surface area contributed by atoms with E-state index in [1.165, 1.54) is 4.57 Å². The molecular weight excluding hydrogens is 258 g/mol. The zero-order chi connectivity index (χ0) is 14.7. The molecule has 1 unspecified atom stereocenters.